The maximum atomic E-state index is 2.42. The van der Waals surface area contributed by atoms with Crippen molar-refractivity contribution in [1.82, 2.24) is 0 Å². The fourth-order valence-electron chi connectivity index (χ4n) is 4.35. The van der Waals surface area contributed by atoms with Crippen molar-refractivity contribution in [3.63, 3.8) is 0 Å². The Kier molecular flexibility index (Phi) is 3.76. The molecule has 0 spiro atoms. The summed E-state index contributed by atoms with van der Waals surface area (Å²) >= 11 is 2.36. The number of hydrogen-bond donors (Lipinski definition) is 0. The van der Waals surface area contributed by atoms with Crippen molar-refractivity contribution >= 4 is 22.6 Å². The average Bonchev–Trinajstić information content (AvgIpc) is 2.92. The number of allylic oxidation sites excluding steroid dienone is 1. The molecule has 2 radical (unpaired) electrons. The second kappa shape index (κ2) is 5.23. The molecule has 19 heavy (non-hydrogen) atoms. The van der Waals surface area contributed by atoms with Gasteiger partial charge in [0.25, 0.3) is 0 Å². The van der Waals surface area contributed by atoms with Crippen LogP contribution in [-0.4, -0.2) is 0 Å². The lowest BCUT2D eigenvalue weighted by Crippen LogP contribution is -2.25. The van der Waals surface area contributed by atoms with E-state index in [0.717, 1.165) is 11.8 Å². The molecule has 2 atom stereocenters. The number of rotatable bonds is 2. The van der Waals surface area contributed by atoms with Crippen LogP contribution in [0.1, 0.15) is 38.7 Å². The monoisotopic (exact) mass is 364 g/mol. The van der Waals surface area contributed by atoms with Gasteiger partial charge < -0.3 is 0 Å². The summed E-state index contributed by atoms with van der Waals surface area (Å²) in [7, 11) is 0. The highest BCUT2D eigenvalue weighted by Crippen LogP contribution is 2.64. The lowest BCUT2D eigenvalue weighted by molar-refractivity contribution is 0.441. The van der Waals surface area contributed by atoms with Crippen LogP contribution in [0.3, 0.4) is 0 Å². The quantitative estimate of drug-likeness (QED) is 0.601. The summed E-state index contributed by atoms with van der Waals surface area (Å²) in [6, 6.07) is 11.1. The molecule has 0 amide bonds. The van der Waals surface area contributed by atoms with Gasteiger partial charge in [-0.15, -0.1) is 0 Å². The Morgan fingerprint density at radius 1 is 1.11 bits per heavy atom. The Bertz CT molecular complexity index is 460. The normalized spacial score (nSPS) is 31.1. The highest BCUT2D eigenvalue weighted by Gasteiger charge is 2.56. The molecule has 3 rings (SSSR count). The largest absolute Gasteiger partial charge is 0.0705 e. The molecule has 0 saturated heterocycles. The van der Waals surface area contributed by atoms with Crippen molar-refractivity contribution in [2.75, 3.05) is 0 Å². The maximum absolute atomic E-state index is 2.42. The molecule has 0 N–H and O–H groups in total. The van der Waals surface area contributed by atoms with Gasteiger partial charge in [0.1, 0.15) is 0 Å². The minimum absolute atomic E-state index is 0.221. The van der Waals surface area contributed by atoms with E-state index in [0.29, 0.717) is 0 Å². The van der Waals surface area contributed by atoms with Gasteiger partial charge >= 0.3 is 0 Å². The molecule has 1 aromatic rings. The molecule has 0 heterocycles. The smallest absolute Gasteiger partial charge is 0.0149 e. The molecule has 2 saturated carbocycles. The zero-order chi connectivity index (χ0) is 13.5. The van der Waals surface area contributed by atoms with Crippen LogP contribution in [0, 0.1) is 29.1 Å². The third-order valence-corrected chi connectivity index (χ3v) is 5.37. The zero-order valence-electron chi connectivity index (χ0n) is 11.7. The molecule has 2 unspecified atom stereocenters. The molecule has 1 aromatic carbocycles. The van der Waals surface area contributed by atoms with Gasteiger partial charge in [-0.3, -0.25) is 0 Å². The van der Waals surface area contributed by atoms with Crippen molar-refractivity contribution in [3.8, 4) is 0 Å². The Morgan fingerprint density at radius 3 is 2.47 bits per heavy atom. The van der Waals surface area contributed by atoms with E-state index in [9.17, 15) is 0 Å². The fourth-order valence-corrected chi connectivity index (χ4v) is 4.74. The topological polar surface area (TPSA) is 0 Å². The molecule has 0 nitrogen and oxygen atoms in total. The first-order valence-corrected chi connectivity index (χ1v) is 8.47. The highest BCUT2D eigenvalue weighted by molar-refractivity contribution is 14.1. The molecule has 0 aliphatic heterocycles. The third-order valence-electron chi connectivity index (χ3n) is 5.01. The summed E-state index contributed by atoms with van der Waals surface area (Å²) in [4.78, 5) is 0. The Labute approximate surface area is 130 Å². The van der Waals surface area contributed by atoms with Crippen LogP contribution in [-0.2, 0) is 0 Å². The Balaban J connectivity index is 2.03. The van der Waals surface area contributed by atoms with Gasteiger partial charge in [0.2, 0.25) is 0 Å². The van der Waals surface area contributed by atoms with E-state index in [1.54, 1.807) is 11.8 Å². The lowest BCUT2D eigenvalue weighted by atomic mass is 9.70. The van der Waals surface area contributed by atoms with E-state index in [-0.39, 0.29) is 5.41 Å². The van der Waals surface area contributed by atoms with E-state index in [2.05, 4.69) is 76.9 Å². The number of benzene rings is 1. The van der Waals surface area contributed by atoms with Crippen LogP contribution in [0.2, 0.25) is 0 Å². The van der Waals surface area contributed by atoms with Crippen molar-refractivity contribution in [3.05, 3.63) is 57.9 Å². The Morgan fingerprint density at radius 2 is 1.79 bits per heavy atom. The van der Waals surface area contributed by atoms with Crippen LogP contribution >= 0.6 is 22.6 Å². The first-order chi connectivity index (χ1) is 9.16. The summed E-state index contributed by atoms with van der Waals surface area (Å²) in [5, 5.41) is 0. The third kappa shape index (κ3) is 2.18. The van der Waals surface area contributed by atoms with Crippen LogP contribution in [0.4, 0.5) is 0 Å². The van der Waals surface area contributed by atoms with E-state index >= 15 is 0 Å². The zero-order valence-corrected chi connectivity index (χ0v) is 13.9. The first kappa shape index (κ1) is 13.7. The summed E-state index contributed by atoms with van der Waals surface area (Å²) < 4.78 is 2.19. The number of hydrogen-bond acceptors (Lipinski definition) is 0. The molecular weight excluding hydrogens is 343 g/mol. The molecule has 0 aromatic heterocycles. The number of halogens is 1. The second-order valence-corrected chi connectivity index (χ2v) is 7.02. The van der Waals surface area contributed by atoms with Gasteiger partial charge in [-0.25, -0.2) is 0 Å². The predicted octanol–water partition coefficient (Wildman–Crippen LogP) is 5.59. The summed E-state index contributed by atoms with van der Waals surface area (Å²) in [6.45, 7) is 4.83. The van der Waals surface area contributed by atoms with Gasteiger partial charge in [0.15, 0.2) is 0 Å². The lowest BCUT2D eigenvalue weighted by Gasteiger charge is -2.33. The second-order valence-electron chi connectivity index (χ2n) is 6.30. The molecule has 100 valence electrons. The van der Waals surface area contributed by atoms with Crippen LogP contribution < -0.4 is 0 Å². The SMILES string of the molecule is CC1(C)[C](/C=C\I)C2CCCC2[C]1c1ccccc1. The number of fused-ring (bicyclic) bond motifs is 1. The summed E-state index contributed by atoms with van der Waals surface area (Å²) in [5.74, 6) is 4.90. The minimum Gasteiger partial charge on any atom is -0.0705 e. The Hall–Kier alpha value is -0.310. The minimum atomic E-state index is 0.221. The van der Waals surface area contributed by atoms with E-state index in [1.165, 1.54) is 24.8 Å². The predicted molar refractivity (Wildman–Crippen MR) is 89.8 cm³/mol. The van der Waals surface area contributed by atoms with Gasteiger partial charge in [-0.1, -0.05) is 79.3 Å². The fraction of sp³-hybridized carbons (Fsp3) is 0.444. The van der Waals surface area contributed by atoms with Crippen LogP contribution in [0.15, 0.2) is 40.5 Å². The van der Waals surface area contributed by atoms with Gasteiger partial charge in [0, 0.05) is 11.8 Å². The summed E-state index contributed by atoms with van der Waals surface area (Å²) in [5.41, 5.74) is 1.68. The van der Waals surface area contributed by atoms with E-state index < -0.39 is 0 Å². The van der Waals surface area contributed by atoms with Crippen LogP contribution in [0.5, 0.6) is 0 Å². The molecule has 2 fully saturated rings. The van der Waals surface area contributed by atoms with E-state index in [1.807, 2.05) is 0 Å². The summed E-state index contributed by atoms with van der Waals surface area (Å²) in [6.07, 6.45) is 6.51. The molecule has 2 aliphatic rings. The van der Waals surface area contributed by atoms with Gasteiger partial charge in [-0.05, 0) is 39.7 Å². The van der Waals surface area contributed by atoms with Crippen molar-refractivity contribution in [2.45, 2.75) is 33.1 Å². The molecule has 0 bridgehead atoms. The van der Waals surface area contributed by atoms with Crippen molar-refractivity contribution < 1.29 is 0 Å². The van der Waals surface area contributed by atoms with Crippen molar-refractivity contribution in [1.29, 1.82) is 0 Å². The van der Waals surface area contributed by atoms with Crippen LogP contribution in [0.25, 0.3) is 0 Å². The highest BCUT2D eigenvalue weighted by atomic mass is 127. The standard InChI is InChI=1S/C18H21I/c1-18(2)16(11-12-19)14-9-6-10-15(14)17(18)13-7-4-3-5-8-13/h3-5,7-8,11-12,14-15H,6,9-10H2,1-2H3/b12-11-. The maximum Gasteiger partial charge on any atom is 0.0149 e. The average molecular weight is 364 g/mol. The van der Waals surface area contributed by atoms with Gasteiger partial charge in [-0.2, -0.15) is 0 Å². The first-order valence-electron chi connectivity index (χ1n) is 7.23. The van der Waals surface area contributed by atoms with Gasteiger partial charge in [0.05, 0.1) is 0 Å². The van der Waals surface area contributed by atoms with E-state index in [4.69, 9.17) is 0 Å². The van der Waals surface area contributed by atoms with Crippen molar-refractivity contribution in [2.24, 2.45) is 17.3 Å². The molecule has 2 aliphatic carbocycles. The molecular formula is C18H21I. The molecule has 1 heteroatoms.